The summed E-state index contributed by atoms with van der Waals surface area (Å²) >= 11 is 3.40. The molecule has 1 aliphatic carbocycles. The van der Waals surface area contributed by atoms with E-state index in [2.05, 4.69) is 26.3 Å². The van der Waals surface area contributed by atoms with Crippen LogP contribution in [0.15, 0.2) is 41.1 Å². The summed E-state index contributed by atoms with van der Waals surface area (Å²) in [4.78, 5) is 12.2. The van der Waals surface area contributed by atoms with Gasteiger partial charge in [0.1, 0.15) is 0 Å². The molecular weight excluding hydrogens is 368 g/mol. The van der Waals surface area contributed by atoms with Crippen molar-refractivity contribution >= 4 is 34.2 Å². The quantitative estimate of drug-likeness (QED) is 0.830. The lowest BCUT2D eigenvalue weighted by Gasteiger charge is -2.14. The zero-order chi connectivity index (χ0) is 14.8. The van der Waals surface area contributed by atoms with Crippen LogP contribution in [0.25, 0.3) is 5.69 Å². The first-order valence-corrected chi connectivity index (χ1v) is 7.78. The van der Waals surface area contributed by atoms with Gasteiger partial charge in [0.05, 0.1) is 17.4 Å². The van der Waals surface area contributed by atoms with Crippen LogP contribution >= 0.6 is 28.3 Å². The third-order valence-corrected chi connectivity index (χ3v) is 4.23. The molecule has 118 valence electrons. The largest absolute Gasteiger partial charge is 0.348 e. The van der Waals surface area contributed by atoms with Gasteiger partial charge in [-0.15, -0.1) is 12.4 Å². The van der Waals surface area contributed by atoms with Gasteiger partial charge in [-0.2, -0.15) is 5.10 Å². The first-order valence-electron chi connectivity index (χ1n) is 6.99. The number of rotatable bonds is 5. The highest BCUT2D eigenvalue weighted by molar-refractivity contribution is 9.10. The molecule has 1 heterocycles. The van der Waals surface area contributed by atoms with E-state index in [9.17, 15) is 4.79 Å². The Hall–Kier alpha value is -1.37. The lowest BCUT2D eigenvalue weighted by atomic mass is 10.2. The number of hydrogen-bond donors (Lipinski definition) is 2. The van der Waals surface area contributed by atoms with E-state index in [1.807, 2.05) is 24.3 Å². The Labute approximate surface area is 143 Å². The minimum Gasteiger partial charge on any atom is -0.348 e. The molecule has 0 saturated heterocycles. The predicted molar refractivity (Wildman–Crippen MR) is 91.5 cm³/mol. The average Bonchev–Trinajstić information content (AvgIpc) is 3.21. The van der Waals surface area contributed by atoms with E-state index in [0.29, 0.717) is 18.0 Å². The molecule has 1 saturated carbocycles. The fraction of sp³-hybridized carbons (Fsp3) is 0.333. The zero-order valence-corrected chi connectivity index (χ0v) is 14.3. The molecule has 5 nitrogen and oxygen atoms in total. The summed E-state index contributed by atoms with van der Waals surface area (Å²) in [6.45, 7) is 0.483. The maximum atomic E-state index is 12.2. The lowest BCUT2D eigenvalue weighted by molar-refractivity contribution is 0.0933. The van der Waals surface area contributed by atoms with Gasteiger partial charge in [-0.3, -0.25) is 4.79 Å². The third kappa shape index (κ3) is 3.88. The lowest BCUT2D eigenvalue weighted by Crippen LogP contribution is -2.41. The van der Waals surface area contributed by atoms with Crippen LogP contribution in [0.3, 0.4) is 0 Å². The third-order valence-electron chi connectivity index (χ3n) is 3.70. The van der Waals surface area contributed by atoms with E-state index in [1.165, 1.54) is 0 Å². The van der Waals surface area contributed by atoms with Crippen LogP contribution in [-0.4, -0.2) is 28.3 Å². The Morgan fingerprint density at radius 2 is 2.09 bits per heavy atom. The maximum absolute atomic E-state index is 12.2. The Morgan fingerprint density at radius 1 is 1.41 bits per heavy atom. The molecule has 0 aliphatic heterocycles. The van der Waals surface area contributed by atoms with Crippen LogP contribution in [0, 0.1) is 5.92 Å². The fourth-order valence-corrected chi connectivity index (χ4v) is 2.56. The smallest absolute Gasteiger partial charge is 0.254 e. The van der Waals surface area contributed by atoms with Gasteiger partial charge in [-0.1, -0.05) is 15.9 Å². The Kier molecular flexibility index (Phi) is 5.61. The molecule has 0 bridgehead atoms. The molecule has 1 aromatic heterocycles. The van der Waals surface area contributed by atoms with Crippen LogP contribution in [0.2, 0.25) is 0 Å². The molecular formula is C15H18BrClN4O. The van der Waals surface area contributed by atoms with E-state index in [-0.39, 0.29) is 24.4 Å². The van der Waals surface area contributed by atoms with Crippen LogP contribution in [-0.2, 0) is 0 Å². The summed E-state index contributed by atoms with van der Waals surface area (Å²) < 4.78 is 2.70. The van der Waals surface area contributed by atoms with Crippen molar-refractivity contribution in [3.8, 4) is 5.69 Å². The summed E-state index contributed by atoms with van der Waals surface area (Å²) in [7, 11) is 0. The van der Waals surface area contributed by atoms with E-state index >= 15 is 0 Å². The molecule has 3 N–H and O–H groups in total. The highest BCUT2D eigenvalue weighted by atomic mass is 79.9. The molecule has 2 aromatic rings. The number of carbonyl (C=O) groups is 1. The number of aromatic nitrogens is 2. The number of nitrogens with zero attached hydrogens (tertiary/aromatic N) is 2. The number of benzene rings is 1. The van der Waals surface area contributed by atoms with Crippen LogP contribution in [0.5, 0.6) is 0 Å². The molecule has 1 atom stereocenters. The number of nitrogens with two attached hydrogens (primary N) is 1. The summed E-state index contributed by atoms with van der Waals surface area (Å²) in [5.74, 6) is 0.432. The normalized spacial score (nSPS) is 15.0. The summed E-state index contributed by atoms with van der Waals surface area (Å²) in [5, 5.41) is 7.23. The van der Waals surface area contributed by atoms with Crippen molar-refractivity contribution in [2.45, 2.75) is 18.9 Å². The number of halogens is 2. The zero-order valence-electron chi connectivity index (χ0n) is 11.9. The number of amides is 1. The average molecular weight is 386 g/mol. The molecule has 3 rings (SSSR count). The molecule has 1 aliphatic rings. The van der Waals surface area contributed by atoms with E-state index in [1.54, 1.807) is 17.1 Å². The topological polar surface area (TPSA) is 72.9 Å². The molecule has 1 amide bonds. The van der Waals surface area contributed by atoms with Crippen LogP contribution < -0.4 is 11.1 Å². The molecule has 22 heavy (non-hydrogen) atoms. The Balaban J connectivity index is 0.00000176. The van der Waals surface area contributed by atoms with Crippen molar-refractivity contribution in [3.63, 3.8) is 0 Å². The molecule has 1 unspecified atom stereocenters. The summed E-state index contributed by atoms with van der Waals surface area (Å²) in [6, 6.07) is 7.83. The highest BCUT2D eigenvalue weighted by Crippen LogP contribution is 2.32. The van der Waals surface area contributed by atoms with Gasteiger partial charge in [0, 0.05) is 23.3 Å². The van der Waals surface area contributed by atoms with Gasteiger partial charge in [0.25, 0.3) is 5.91 Å². The monoisotopic (exact) mass is 384 g/mol. The van der Waals surface area contributed by atoms with Gasteiger partial charge in [0.15, 0.2) is 0 Å². The minimum atomic E-state index is -0.110. The second-order valence-corrected chi connectivity index (χ2v) is 6.22. The predicted octanol–water partition coefficient (Wildman–Crippen LogP) is 2.52. The van der Waals surface area contributed by atoms with Gasteiger partial charge in [-0.25, -0.2) is 4.68 Å². The van der Waals surface area contributed by atoms with Gasteiger partial charge in [-0.05, 0) is 43.0 Å². The van der Waals surface area contributed by atoms with Crippen LogP contribution in [0.4, 0.5) is 0 Å². The number of hydrogen-bond acceptors (Lipinski definition) is 3. The fourth-order valence-electron chi connectivity index (χ4n) is 2.29. The number of carbonyl (C=O) groups excluding carboxylic acids is 1. The van der Waals surface area contributed by atoms with Crippen molar-refractivity contribution in [3.05, 3.63) is 46.7 Å². The first kappa shape index (κ1) is 17.0. The van der Waals surface area contributed by atoms with Crippen molar-refractivity contribution < 1.29 is 4.79 Å². The molecule has 7 heteroatoms. The van der Waals surface area contributed by atoms with E-state index in [0.717, 1.165) is 23.0 Å². The van der Waals surface area contributed by atoms with Gasteiger partial charge < -0.3 is 11.1 Å². The maximum Gasteiger partial charge on any atom is 0.254 e. The van der Waals surface area contributed by atoms with E-state index in [4.69, 9.17) is 5.73 Å². The highest BCUT2D eigenvalue weighted by Gasteiger charge is 2.31. The molecule has 1 aromatic carbocycles. The Morgan fingerprint density at radius 3 is 2.68 bits per heavy atom. The van der Waals surface area contributed by atoms with Crippen molar-refractivity contribution in [1.82, 2.24) is 15.1 Å². The minimum absolute atomic E-state index is 0. The first-order chi connectivity index (χ1) is 10.2. The van der Waals surface area contributed by atoms with Gasteiger partial charge in [0.2, 0.25) is 0 Å². The van der Waals surface area contributed by atoms with Gasteiger partial charge >= 0.3 is 0 Å². The molecule has 0 spiro atoms. The Bertz CT molecular complexity index is 639. The van der Waals surface area contributed by atoms with Crippen molar-refractivity contribution in [1.29, 1.82) is 0 Å². The second-order valence-electron chi connectivity index (χ2n) is 5.30. The van der Waals surface area contributed by atoms with E-state index < -0.39 is 0 Å². The summed E-state index contributed by atoms with van der Waals surface area (Å²) in [5.41, 5.74) is 7.18. The molecule has 0 radical (unpaired) electrons. The SMILES string of the molecule is Cl.NCC(NC(=O)c1cnn(-c2ccc(Br)cc2)c1)C1CC1. The standard InChI is InChI=1S/C15H17BrN4O.ClH/c16-12-3-5-13(6-4-12)20-9-11(8-18-20)15(21)19-14(7-17)10-1-2-10;/h3-6,8-10,14H,1-2,7,17H2,(H,19,21);1H. The second kappa shape index (κ2) is 7.26. The van der Waals surface area contributed by atoms with Crippen molar-refractivity contribution in [2.24, 2.45) is 11.7 Å². The molecule has 1 fully saturated rings. The van der Waals surface area contributed by atoms with Crippen molar-refractivity contribution in [2.75, 3.05) is 6.54 Å². The number of nitrogens with one attached hydrogen (secondary N) is 1. The summed E-state index contributed by atoms with van der Waals surface area (Å²) in [6.07, 6.45) is 5.62. The van der Waals surface area contributed by atoms with Crippen LogP contribution in [0.1, 0.15) is 23.2 Å².